The van der Waals surface area contributed by atoms with E-state index in [2.05, 4.69) is 11.6 Å². The van der Waals surface area contributed by atoms with E-state index >= 15 is 0 Å². The van der Waals surface area contributed by atoms with Crippen LogP contribution in [0.15, 0.2) is 61.3 Å². The predicted molar refractivity (Wildman–Crippen MR) is 91.0 cm³/mol. The maximum atomic E-state index is 13.2. The van der Waals surface area contributed by atoms with Gasteiger partial charge in [-0.05, 0) is 17.2 Å². The molecule has 0 N–H and O–H groups in total. The Kier molecular flexibility index (Phi) is 4.84. The van der Waals surface area contributed by atoms with Crippen LogP contribution < -0.4 is 4.74 Å². The molecule has 0 aliphatic rings. The third-order valence-corrected chi connectivity index (χ3v) is 3.62. The van der Waals surface area contributed by atoms with Crippen LogP contribution in [0.2, 0.25) is 0 Å². The number of hydrogen-bond donors (Lipinski definition) is 0. The van der Waals surface area contributed by atoms with E-state index in [1.54, 1.807) is 12.1 Å². The zero-order chi connectivity index (χ0) is 18.7. The number of nitrogens with zero attached hydrogens (tertiary/aromatic N) is 1. The second-order valence-electron chi connectivity index (χ2n) is 5.35. The number of halogens is 3. The first-order valence-corrected chi connectivity index (χ1v) is 7.53. The lowest BCUT2D eigenvalue weighted by Crippen LogP contribution is -2.11. The zero-order valence-corrected chi connectivity index (χ0v) is 13.4. The van der Waals surface area contributed by atoms with Gasteiger partial charge in [0.05, 0.1) is 0 Å². The molecule has 0 radical (unpaired) electrons. The Labute approximate surface area is 147 Å². The number of benzene rings is 2. The van der Waals surface area contributed by atoms with E-state index in [0.717, 1.165) is 16.7 Å². The van der Waals surface area contributed by atoms with Crippen LogP contribution in [0, 0.1) is 17.5 Å². The Balaban J connectivity index is 1.77. The monoisotopic (exact) mass is 355 g/mol. The van der Waals surface area contributed by atoms with Gasteiger partial charge in [0.15, 0.2) is 17.5 Å². The minimum absolute atomic E-state index is 0.0541. The first-order chi connectivity index (χ1) is 12.5. The molecule has 0 bridgehead atoms. The van der Waals surface area contributed by atoms with E-state index in [1.807, 2.05) is 24.3 Å². The lowest BCUT2D eigenvalue weighted by molar-refractivity contribution is 0.0727. The molecule has 0 spiro atoms. The summed E-state index contributed by atoms with van der Waals surface area (Å²) in [5.74, 6) is -5.88. The summed E-state index contributed by atoms with van der Waals surface area (Å²) in [5, 5.41) is 0. The predicted octanol–water partition coefficient (Wildman–Crippen LogP) is 5.03. The molecule has 0 saturated heterocycles. The lowest BCUT2D eigenvalue weighted by Gasteiger charge is -2.06. The van der Waals surface area contributed by atoms with Crippen molar-refractivity contribution in [1.29, 1.82) is 0 Å². The standard InChI is InChI=1S/C20H12F3NO2/c1-2-12-3-5-13(6-4-12)14-7-8-18(24-11-14)20(25)26-15-9-16(21)19(23)17(22)10-15/h2-11H,1H2. The topological polar surface area (TPSA) is 39.2 Å². The number of esters is 1. The number of hydrogen-bond acceptors (Lipinski definition) is 3. The summed E-state index contributed by atoms with van der Waals surface area (Å²) < 4.78 is 44.1. The van der Waals surface area contributed by atoms with Crippen molar-refractivity contribution >= 4 is 12.0 Å². The normalized spacial score (nSPS) is 10.4. The fourth-order valence-corrected chi connectivity index (χ4v) is 2.25. The van der Waals surface area contributed by atoms with Crippen LogP contribution >= 0.6 is 0 Å². The average molecular weight is 355 g/mol. The molecule has 1 aromatic heterocycles. The van der Waals surface area contributed by atoms with Crippen LogP contribution in [0.1, 0.15) is 16.1 Å². The summed E-state index contributed by atoms with van der Waals surface area (Å²) in [6, 6.07) is 11.8. The van der Waals surface area contributed by atoms with Crippen LogP contribution in [-0.4, -0.2) is 11.0 Å². The molecule has 3 nitrogen and oxygen atoms in total. The van der Waals surface area contributed by atoms with Crippen molar-refractivity contribution in [1.82, 2.24) is 4.98 Å². The molecular formula is C20H12F3NO2. The molecule has 26 heavy (non-hydrogen) atoms. The second-order valence-corrected chi connectivity index (χ2v) is 5.35. The van der Waals surface area contributed by atoms with Crippen LogP contribution in [0.5, 0.6) is 5.75 Å². The lowest BCUT2D eigenvalue weighted by atomic mass is 10.1. The van der Waals surface area contributed by atoms with Gasteiger partial charge in [0, 0.05) is 23.9 Å². The van der Waals surface area contributed by atoms with E-state index in [-0.39, 0.29) is 5.69 Å². The van der Waals surface area contributed by atoms with Gasteiger partial charge in [-0.3, -0.25) is 0 Å². The van der Waals surface area contributed by atoms with E-state index in [9.17, 15) is 18.0 Å². The first kappa shape index (κ1) is 17.4. The highest BCUT2D eigenvalue weighted by Gasteiger charge is 2.15. The molecule has 1 heterocycles. The Hall–Kier alpha value is -3.41. The molecular weight excluding hydrogens is 343 g/mol. The molecule has 0 unspecified atom stereocenters. The smallest absolute Gasteiger partial charge is 0.362 e. The van der Waals surface area contributed by atoms with Crippen molar-refractivity contribution in [2.45, 2.75) is 0 Å². The molecule has 6 heteroatoms. The minimum Gasteiger partial charge on any atom is -0.422 e. The summed E-state index contributed by atoms with van der Waals surface area (Å²) in [6.45, 7) is 3.68. The van der Waals surface area contributed by atoms with Gasteiger partial charge >= 0.3 is 5.97 Å². The Bertz CT molecular complexity index is 944. The van der Waals surface area contributed by atoms with E-state index < -0.39 is 29.2 Å². The SMILES string of the molecule is C=Cc1ccc(-c2ccc(C(=O)Oc3cc(F)c(F)c(F)c3)nc2)cc1. The third-order valence-electron chi connectivity index (χ3n) is 3.62. The number of ether oxygens (including phenoxy) is 1. The van der Waals surface area contributed by atoms with Crippen LogP contribution in [-0.2, 0) is 0 Å². The molecule has 0 amide bonds. The highest BCUT2D eigenvalue weighted by molar-refractivity contribution is 5.89. The maximum absolute atomic E-state index is 13.2. The van der Waals surface area contributed by atoms with Crippen LogP contribution in [0.3, 0.4) is 0 Å². The maximum Gasteiger partial charge on any atom is 0.362 e. The van der Waals surface area contributed by atoms with Crippen molar-refractivity contribution < 1.29 is 22.7 Å². The number of carbonyl (C=O) groups is 1. The molecule has 0 atom stereocenters. The number of pyridine rings is 1. The van der Waals surface area contributed by atoms with Gasteiger partial charge in [-0.2, -0.15) is 0 Å². The second kappa shape index (κ2) is 7.23. The quantitative estimate of drug-likeness (QED) is 0.374. The number of carbonyl (C=O) groups excluding carboxylic acids is 1. The summed E-state index contributed by atoms with van der Waals surface area (Å²) in [4.78, 5) is 16.0. The Morgan fingerprint density at radius 3 is 2.12 bits per heavy atom. The summed E-state index contributed by atoms with van der Waals surface area (Å²) in [5.41, 5.74) is 2.59. The Morgan fingerprint density at radius 2 is 1.58 bits per heavy atom. The van der Waals surface area contributed by atoms with Crippen molar-refractivity contribution in [3.8, 4) is 16.9 Å². The van der Waals surface area contributed by atoms with Crippen molar-refractivity contribution in [2.24, 2.45) is 0 Å². The zero-order valence-electron chi connectivity index (χ0n) is 13.4. The van der Waals surface area contributed by atoms with Gasteiger partial charge in [0.25, 0.3) is 0 Å². The molecule has 0 fully saturated rings. The van der Waals surface area contributed by atoms with Gasteiger partial charge < -0.3 is 4.74 Å². The summed E-state index contributed by atoms with van der Waals surface area (Å²) in [7, 11) is 0. The van der Waals surface area contributed by atoms with Gasteiger partial charge in [-0.1, -0.05) is 43.0 Å². The van der Waals surface area contributed by atoms with E-state index in [0.29, 0.717) is 12.1 Å². The fourth-order valence-electron chi connectivity index (χ4n) is 2.25. The van der Waals surface area contributed by atoms with E-state index in [4.69, 9.17) is 4.74 Å². The number of aromatic nitrogens is 1. The largest absolute Gasteiger partial charge is 0.422 e. The van der Waals surface area contributed by atoms with Crippen LogP contribution in [0.4, 0.5) is 13.2 Å². The third kappa shape index (κ3) is 3.64. The van der Waals surface area contributed by atoms with Gasteiger partial charge in [-0.25, -0.2) is 22.9 Å². The van der Waals surface area contributed by atoms with Crippen molar-refractivity contribution in [3.05, 3.63) is 90.0 Å². The minimum atomic E-state index is -1.63. The highest BCUT2D eigenvalue weighted by atomic mass is 19.2. The molecule has 3 rings (SSSR count). The van der Waals surface area contributed by atoms with Gasteiger partial charge in [-0.15, -0.1) is 0 Å². The molecule has 130 valence electrons. The van der Waals surface area contributed by atoms with Crippen molar-refractivity contribution in [3.63, 3.8) is 0 Å². The average Bonchev–Trinajstić information content (AvgIpc) is 2.66. The van der Waals surface area contributed by atoms with Crippen molar-refractivity contribution in [2.75, 3.05) is 0 Å². The molecule has 2 aromatic carbocycles. The molecule has 0 saturated carbocycles. The van der Waals surface area contributed by atoms with Gasteiger partial charge in [0.1, 0.15) is 11.4 Å². The molecule has 0 aliphatic carbocycles. The van der Waals surface area contributed by atoms with E-state index in [1.165, 1.54) is 12.3 Å². The molecule has 3 aromatic rings. The Morgan fingerprint density at radius 1 is 0.962 bits per heavy atom. The number of rotatable bonds is 4. The first-order valence-electron chi connectivity index (χ1n) is 7.53. The highest BCUT2D eigenvalue weighted by Crippen LogP contribution is 2.22. The van der Waals surface area contributed by atoms with Crippen LogP contribution in [0.25, 0.3) is 17.2 Å². The molecule has 0 aliphatic heterocycles. The fraction of sp³-hybridized carbons (Fsp3) is 0. The van der Waals surface area contributed by atoms with Gasteiger partial charge in [0.2, 0.25) is 0 Å². The summed E-state index contributed by atoms with van der Waals surface area (Å²) in [6.07, 6.45) is 3.20. The summed E-state index contributed by atoms with van der Waals surface area (Å²) >= 11 is 0.